The van der Waals surface area contributed by atoms with Gasteiger partial charge in [0, 0.05) is 12.6 Å². The zero-order valence-corrected chi connectivity index (χ0v) is 11.8. The molecule has 3 N–H and O–H groups in total. The SMILES string of the molecule is CC(=O)Nc1ccc(CC(=O)NC2(C(=O)O)CCC2)cc1. The lowest BCUT2D eigenvalue weighted by Gasteiger charge is -2.38. The summed E-state index contributed by atoms with van der Waals surface area (Å²) >= 11 is 0. The van der Waals surface area contributed by atoms with Gasteiger partial charge in [0.05, 0.1) is 6.42 Å². The molecule has 0 aliphatic heterocycles. The summed E-state index contributed by atoms with van der Waals surface area (Å²) in [6, 6.07) is 6.89. The predicted molar refractivity (Wildman–Crippen MR) is 76.8 cm³/mol. The maximum Gasteiger partial charge on any atom is 0.329 e. The van der Waals surface area contributed by atoms with Gasteiger partial charge in [-0.2, -0.15) is 0 Å². The fourth-order valence-corrected chi connectivity index (χ4v) is 2.33. The van der Waals surface area contributed by atoms with Crippen molar-refractivity contribution >= 4 is 23.5 Å². The molecule has 2 rings (SSSR count). The average molecular weight is 290 g/mol. The summed E-state index contributed by atoms with van der Waals surface area (Å²) in [5.74, 6) is -1.43. The second kappa shape index (κ2) is 5.95. The van der Waals surface area contributed by atoms with Crippen LogP contribution in [0.4, 0.5) is 5.69 Å². The van der Waals surface area contributed by atoms with Gasteiger partial charge in [-0.3, -0.25) is 9.59 Å². The van der Waals surface area contributed by atoms with E-state index in [1.807, 2.05) is 0 Å². The number of hydrogen-bond donors (Lipinski definition) is 3. The van der Waals surface area contributed by atoms with Crippen LogP contribution in [0.15, 0.2) is 24.3 Å². The summed E-state index contributed by atoms with van der Waals surface area (Å²) in [6.45, 7) is 1.42. The van der Waals surface area contributed by atoms with E-state index in [1.165, 1.54) is 6.92 Å². The van der Waals surface area contributed by atoms with Crippen LogP contribution in [0.1, 0.15) is 31.7 Å². The van der Waals surface area contributed by atoms with E-state index in [0.717, 1.165) is 12.0 Å². The lowest BCUT2D eigenvalue weighted by Crippen LogP contribution is -2.59. The zero-order valence-electron chi connectivity index (χ0n) is 11.8. The first-order valence-electron chi connectivity index (χ1n) is 6.82. The lowest BCUT2D eigenvalue weighted by molar-refractivity contribution is -0.151. The van der Waals surface area contributed by atoms with Gasteiger partial charge in [0.2, 0.25) is 11.8 Å². The standard InChI is InChI=1S/C15H18N2O4/c1-10(18)16-12-5-3-11(4-6-12)9-13(19)17-15(14(20)21)7-2-8-15/h3-6H,2,7-9H2,1H3,(H,16,18)(H,17,19)(H,20,21). The topological polar surface area (TPSA) is 95.5 Å². The van der Waals surface area contributed by atoms with Crippen molar-refractivity contribution in [2.75, 3.05) is 5.32 Å². The number of carboxylic acid groups (broad SMARTS) is 1. The third-order valence-electron chi connectivity index (χ3n) is 3.63. The largest absolute Gasteiger partial charge is 0.480 e. The molecule has 0 atom stereocenters. The first-order chi connectivity index (χ1) is 9.91. The second-order valence-electron chi connectivity index (χ2n) is 5.34. The lowest BCUT2D eigenvalue weighted by atomic mass is 9.76. The normalized spacial score (nSPS) is 15.7. The number of benzene rings is 1. The van der Waals surface area contributed by atoms with Gasteiger partial charge in [-0.1, -0.05) is 12.1 Å². The molecule has 0 heterocycles. The number of anilines is 1. The van der Waals surface area contributed by atoms with E-state index in [1.54, 1.807) is 24.3 Å². The highest BCUT2D eigenvalue weighted by molar-refractivity contribution is 5.89. The number of carboxylic acids is 1. The van der Waals surface area contributed by atoms with Gasteiger partial charge in [-0.15, -0.1) is 0 Å². The smallest absolute Gasteiger partial charge is 0.329 e. The maximum absolute atomic E-state index is 11.9. The van der Waals surface area contributed by atoms with E-state index in [9.17, 15) is 14.4 Å². The third kappa shape index (κ3) is 3.59. The van der Waals surface area contributed by atoms with E-state index in [-0.39, 0.29) is 18.2 Å². The first-order valence-corrected chi connectivity index (χ1v) is 6.82. The quantitative estimate of drug-likeness (QED) is 0.762. The zero-order chi connectivity index (χ0) is 15.5. The Morgan fingerprint density at radius 2 is 1.81 bits per heavy atom. The number of carbonyl (C=O) groups is 3. The highest BCUT2D eigenvalue weighted by Crippen LogP contribution is 2.32. The van der Waals surface area contributed by atoms with Gasteiger partial charge in [0.1, 0.15) is 5.54 Å². The number of rotatable bonds is 5. The highest BCUT2D eigenvalue weighted by atomic mass is 16.4. The summed E-state index contributed by atoms with van der Waals surface area (Å²) in [6.07, 6.45) is 1.90. The Labute approximate surface area is 122 Å². The van der Waals surface area contributed by atoms with Gasteiger partial charge >= 0.3 is 5.97 Å². The van der Waals surface area contributed by atoms with E-state index in [4.69, 9.17) is 5.11 Å². The molecular formula is C15H18N2O4. The minimum Gasteiger partial charge on any atom is -0.480 e. The molecule has 21 heavy (non-hydrogen) atoms. The molecule has 6 heteroatoms. The number of amides is 2. The Bertz CT molecular complexity index is 562. The van der Waals surface area contributed by atoms with Crippen molar-refractivity contribution in [3.63, 3.8) is 0 Å². The van der Waals surface area contributed by atoms with Crippen LogP contribution in [-0.2, 0) is 20.8 Å². The van der Waals surface area contributed by atoms with E-state index < -0.39 is 11.5 Å². The Balaban J connectivity index is 1.93. The van der Waals surface area contributed by atoms with Crippen molar-refractivity contribution in [2.24, 2.45) is 0 Å². The van der Waals surface area contributed by atoms with Crippen LogP contribution < -0.4 is 10.6 Å². The second-order valence-corrected chi connectivity index (χ2v) is 5.34. The molecule has 1 aliphatic carbocycles. The van der Waals surface area contributed by atoms with E-state index >= 15 is 0 Å². The van der Waals surface area contributed by atoms with Crippen LogP contribution in [0, 0.1) is 0 Å². The number of hydrogen-bond acceptors (Lipinski definition) is 3. The van der Waals surface area contributed by atoms with Gasteiger partial charge in [-0.25, -0.2) is 4.79 Å². The number of nitrogens with one attached hydrogen (secondary N) is 2. The van der Waals surface area contributed by atoms with Gasteiger partial charge in [0.25, 0.3) is 0 Å². The van der Waals surface area contributed by atoms with Crippen molar-refractivity contribution in [1.29, 1.82) is 0 Å². The van der Waals surface area contributed by atoms with Crippen molar-refractivity contribution in [2.45, 2.75) is 38.1 Å². The van der Waals surface area contributed by atoms with Crippen molar-refractivity contribution in [1.82, 2.24) is 5.32 Å². The minimum absolute atomic E-state index is 0.120. The van der Waals surface area contributed by atoms with Crippen LogP contribution in [0.5, 0.6) is 0 Å². The van der Waals surface area contributed by atoms with E-state index in [2.05, 4.69) is 10.6 Å². The fourth-order valence-electron chi connectivity index (χ4n) is 2.33. The highest BCUT2D eigenvalue weighted by Gasteiger charge is 2.45. The molecule has 6 nitrogen and oxygen atoms in total. The molecule has 1 aliphatic rings. The first kappa shape index (κ1) is 15.0. The van der Waals surface area contributed by atoms with Crippen LogP contribution in [0.25, 0.3) is 0 Å². The predicted octanol–water partition coefficient (Wildman–Crippen LogP) is 1.31. The van der Waals surface area contributed by atoms with Crippen LogP contribution in [0.3, 0.4) is 0 Å². The molecule has 0 spiro atoms. The van der Waals surface area contributed by atoms with Crippen LogP contribution in [-0.4, -0.2) is 28.4 Å². The van der Waals surface area contributed by atoms with Crippen molar-refractivity contribution in [3.05, 3.63) is 29.8 Å². The average Bonchev–Trinajstić information content (AvgIpc) is 2.35. The molecule has 0 bridgehead atoms. The molecule has 0 aromatic heterocycles. The molecule has 0 saturated heterocycles. The van der Waals surface area contributed by atoms with Crippen molar-refractivity contribution < 1.29 is 19.5 Å². The molecular weight excluding hydrogens is 272 g/mol. The monoisotopic (exact) mass is 290 g/mol. The minimum atomic E-state index is -1.08. The third-order valence-corrected chi connectivity index (χ3v) is 3.63. The van der Waals surface area contributed by atoms with Gasteiger partial charge in [-0.05, 0) is 37.0 Å². The molecule has 1 aromatic rings. The van der Waals surface area contributed by atoms with Crippen LogP contribution >= 0.6 is 0 Å². The molecule has 0 radical (unpaired) electrons. The number of aliphatic carboxylic acids is 1. The Morgan fingerprint density at radius 1 is 1.19 bits per heavy atom. The molecule has 0 unspecified atom stereocenters. The summed E-state index contributed by atoms with van der Waals surface area (Å²) < 4.78 is 0. The Morgan fingerprint density at radius 3 is 2.24 bits per heavy atom. The van der Waals surface area contributed by atoms with Crippen LogP contribution in [0.2, 0.25) is 0 Å². The summed E-state index contributed by atoms with van der Waals surface area (Å²) in [5, 5.41) is 14.4. The maximum atomic E-state index is 11.9. The molecule has 2 amide bonds. The molecule has 1 fully saturated rings. The number of carbonyl (C=O) groups excluding carboxylic acids is 2. The molecule has 1 saturated carbocycles. The Kier molecular flexibility index (Phi) is 4.26. The summed E-state index contributed by atoms with van der Waals surface area (Å²) in [7, 11) is 0. The summed E-state index contributed by atoms with van der Waals surface area (Å²) in [5.41, 5.74) is 0.349. The van der Waals surface area contributed by atoms with E-state index in [0.29, 0.717) is 18.5 Å². The summed E-state index contributed by atoms with van der Waals surface area (Å²) in [4.78, 5) is 34.0. The van der Waals surface area contributed by atoms with Crippen molar-refractivity contribution in [3.8, 4) is 0 Å². The Hall–Kier alpha value is -2.37. The fraction of sp³-hybridized carbons (Fsp3) is 0.400. The van der Waals surface area contributed by atoms with Gasteiger partial charge in [0.15, 0.2) is 0 Å². The van der Waals surface area contributed by atoms with Gasteiger partial charge < -0.3 is 15.7 Å². The molecule has 1 aromatic carbocycles. The molecule has 112 valence electrons.